The molecule has 0 saturated heterocycles. The number of rotatable bonds is 28. The molecule has 44 heavy (non-hydrogen) atoms. The van der Waals surface area contributed by atoms with E-state index in [4.69, 9.17) is 47.4 Å². The average Bonchev–Trinajstić information content (AvgIpc) is 3.01. The molecule has 252 valence electrons. The van der Waals surface area contributed by atoms with Crippen molar-refractivity contribution in [3.63, 3.8) is 0 Å². The Morgan fingerprint density at radius 2 is 0.614 bits per heavy atom. The zero-order valence-electron chi connectivity index (χ0n) is 26.0. The molecular weight excluding hydrogens is 584 g/mol. The van der Waals surface area contributed by atoms with Crippen LogP contribution in [0.3, 0.4) is 0 Å². The van der Waals surface area contributed by atoms with Crippen LogP contribution in [0.25, 0.3) is 0 Å². The first kappa shape index (κ1) is 42.7. The van der Waals surface area contributed by atoms with Gasteiger partial charge in [-0.1, -0.05) is 26.3 Å². The minimum atomic E-state index is -0.467. The lowest BCUT2D eigenvalue weighted by Crippen LogP contribution is -2.15. The topological polar surface area (TPSA) is 161 Å². The molecule has 0 aliphatic carbocycles. The van der Waals surface area contributed by atoms with Gasteiger partial charge in [0, 0.05) is 23.3 Å². The number of esters is 4. The van der Waals surface area contributed by atoms with Gasteiger partial charge in [-0.3, -0.25) is 0 Å². The first-order valence-corrected chi connectivity index (χ1v) is 13.9. The van der Waals surface area contributed by atoms with Gasteiger partial charge < -0.3 is 47.4 Å². The smallest absolute Gasteiger partial charge is 0.333 e. The summed E-state index contributed by atoms with van der Waals surface area (Å²) in [5.74, 6) is -1.77. The average molecular weight is 633 g/mol. The molecule has 0 heterocycles. The van der Waals surface area contributed by atoms with Gasteiger partial charge in [0.05, 0.1) is 79.3 Å². The van der Waals surface area contributed by atoms with Crippen LogP contribution in [0.1, 0.15) is 13.8 Å². The van der Waals surface area contributed by atoms with Gasteiger partial charge >= 0.3 is 23.9 Å². The van der Waals surface area contributed by atoms with E-state index < -0.39 is 23.9 Å². The maximum Gasteiger partial charge on any atom is 0.333 e. The molecule has 0 N–H and O–H groups in total. The molecule has 14 heteroatoms. The molecule has 0 aliphatic rings. The Labute approximate surface area is 259 Å². The van der Waals surface area contributed by atoms with Crippen molar-refractivity contribution in [1.82, 2.24) is 0 Å². The van der Waals surface area contributed by atoms with Crippen molar-refractivity contribution in [1.29, 1.82) is 0 Å². The predicted molar refractivity (Wildman–Crippen MR) is 159 cm³/mol. The molecule has 0 saturated carbocycles. The molecule has 0 radical (unpaired) electrons. The Morgan fingerprint density at radius 3 is 0.818 bits per heavy atom. The Morgan fingerprint density at radius 1 is 0.409 bits per heavy atom. The van der Waals surface area contributed by atoms with E-state index in [2.05, 4.69) is 26.3 Å². The second-order valence-corrected chi connectivity index (χ2v) is 8.25. The highest BCUT2D eigenvalue weighted by Crippen LogP contribution is 1.93. The van der Waals surface area contributed by atoms with Crippen molar-refractivity contribution in [2.45, 2.75) is 13.8 Å². The van der Waals surface area contributed by atoms with Crippen molar-refractivity contribution in [3.8, 4) is 0 Å². The van der Waals surface area contributed by atoms with Gasteiger partial charge in [-0.25, -0.2) is 19.2 Å². The van der Waals surface area contributed by atoms with Crippen molar-refractivity contribution < 1.29 is 66.5 Å². The monoisotopic (exact) mass is 632 g/mol. The van der Waals surface area contributed by atoms with Crippen molar-refractivity contribution in [2.75, 3.05) is 106 Å². The summed E-state index contributed by atoms with van der Waals surface area (Å²) in [4.78, 5) is 43.5. The molecule has 0 amide bonds. The zero-order chi connectivity index (χ0) is 33.3. The molecule has 0 aromatic carbocycles. The molecule has 0 rings (SSSR count). The van der Waals surface area contributed by atoms with Crippen LogP contribution in [-0.2, 0) is 66.5 Å². The normalized spacial score (nSPS) is 10.0. The van der Waals surface area contributed by atoms with E-state index in [-0.39, 0.29) is 26.4 Å². The third-order valence-corrected chi connectivity index (χ3v) is 4.38. The summed E-state index contributed by atoms with van der Waals surface area (Å²) in [5, 5.41) is 0. The summed E-state index contributed by atoms with van der Waals surface area (Å²) in [6, 6.07) is 0. The van der Waals surface area contributed by atoms with Crippen molar-refractivity contribution >= 4 is 23.9 Å². The predicted octanol–water partition coefficient (Wildman–Crippen LogP) is 1.77. The van der Waals surface area contributed by atoms with Gasteiger partial charge in [-0.05, 0) is 13.8 Å². The lowest BCUT2D eigenvalue weighted by Gasteiger charge is -2.08. The highest BCUT2D eigenvalue weighted by atomic mass is 16.6. The summed E-state index contributed by atoms with van der Waals surface area (Å²) in [6.45, 7) is 22.0. The maximum absolute atomic E-state index is 11.0. The highest BCUT2D eigenvalue weighted by molar-refractivity contribution is 5.87. The van der Waals surface area contributed by atoms with E-state index in [1.807, 2.05) is 0 Å². The SMILES string of the molecule is C=C(C)C(=O)OCCOCCOCCOCCOC(=O)C(=C)C.C=CC(=O)OCCOCCOCCOCCOC(=O)C=C. The zero-order valence-corrected chi connectivity index (χ0v) is 26.0. The fourth-order valence-corrected chi connectivity index (χ4v) is 2.24. The minimum Gasteiger partial charge on any atom is -0.460 e. The molecule has 0 bridgehead atoms. The van der Waals surface area contributed by atoms with E-state index in [0.717, 1.165) is 12.2 Å². The van der Waals surface area contributed by atoms with E-state index in [1.165, 1.54) is 0 Å². The van der Waals surface area contributed by atoms with Crippen LogP contribution in [0, 0.1) is 0 Å². The summed E-state index contributed by atoms with van der Waals surface area (Å²) in [6.07, 6.45) is 2.20. The largest absolute Gasteiger partial charge is 0.460 e. The van der Waals surface area contributed by atoms with Gasteiger partial charge in [0.15, 0.2) is 0 Å². The lowest BCUT2D eigenvalue weighted by molar-refractivity contribution is -0.141. The van der Waals surface area contributed by atoms with Crippen molar-refractivity contribution in [2.24, 2.45) is 0 Å². The van der Waals surface area contributed by atoms with Crippen LogP contribution < -0.4 is 0 Å². The third-order valence-electron chi connectivity index (χ3n) is 4.38. The van der Waals surface area contributed by atoms with E-state index in [0.29, 0.717) is 90.4 Å². The number of carbonyl (C=O) groups excluding carboxylic acids is 4. The Bertz CT molecular complexity index is 774. The minimum absolute atomic E-state index is 0.192. The van der Waals surface area contributed by atoms with Gasteiger partial charge in [0.25, 0.3) is 0 Å². The molecule has 0 fully saturated rings. The second kappa shape index (κ2) is 32.5. The molecule has 14 nitrogen and oxygen atoms in total. The fraction of sp³-hybridized carbons (Fsp3) is 0.600. The molecule has 0 unspecified atom stereocenters. The fourth-order valence-electron chi connectivity index (χ4n) is 2.24. The van der Waals surface area contributed by atoms with Crippen LogP contribution in [0.4, 0.5) is 0 Å². The van der Waals surface area contributed by atoms with Crippen molar-refractivity contribution in [3.05, 3.63) is 49.6 Å². The Kier molecular flexibility index (Phi) is 31.6. The summed E-state index contributed by atoms with van der Waals surface area (Å²) < 4.78 is 50.4. The summed E-state index contributed by atoms with van der Waals surface area (Å²) >= 11 is 0. The van der Waals surface area contributed by atoms with E-state index in [1.54, 1.807) is 13.8 Å². The number of ether oxygens (including phenoxy) is 10. The Hall–Kier alpha value is -3.40. The van der Waals surface area contributed by atoms with Crippen LogP contribution >= 0.6 is 0 Å². The standard InChI is InChI=1S/C16H26O7.C14H22O7/c1-13(2)15(17)22-11-9-20-7-5-19-6-8-21-10-12-23-16(18)14(3)4;1-3-13(15)20-11-9-18-7-5-17-6-8-19-10-12-21-14(16)4-2/h1,3,5-12H2,2,4H3;3-4H,1-2,5-12H2. The molecule has 0 aliphatic heterocycles. The first-order valence-electron chi connectivity index (χ1n) is 13.9. The number of hydrogen-bond acceptors (Lipinski definition) is 14. The maximum atomic E-state index is 11.0. The number of hydrogen-bond donors (Lipinski definition) is 0. The molecule has 0 atom stereocenters. The second-order valence-electron chi connectivity index (χ2n) is 8.25. The third kappa shape index (κ3) is 33.1. The molecule has 0 spiro atoms. The van der Waals surface area contributed by atoms with Gasteiger partial charge in [-0.2, -0.15) is 0 Å². The summed E-state index contributed by atoms with van der Waals surface area (Å²) in [7, 11) is 0. The first-order chi connectivity index (χ1) is 21.1. The van der Waals surface area contributed by atoms with Gasteiger partial charge in [0.1, 0.15) is 26.4 Å². The summed E-state index contributed by atoms with van der Waals surface area (Å²) in [5.41, 5.74) is 0.727. The van der Waals surface area contributed by atoms with E-state index in [9.17, 15) is 19.2 Å². The lowest BCUT2D eigenvalue weighted by atomic mass is 10.4. The number of carbonyl (C=O) groups is 4. The van der Waals surface area contributed by atoms with Crippen LogP contribution in [0.5, 0.6) is 0 Å². The molecule has 0 aromatic rings. The van der Waals surface area contributed by atoms with Gasteiger partial charge in [-0.15, -0.1) is 0 Å². The van der Waals surface area contributed by atoms with Crippen LogP contribution in [-0.4, -0.2) is 130 Å². The van der Waals surface area contributed by atoms with Gasteiger partial charge in [0.2, 0.25) is 0 Å². The molecule has 0 aromatic heterocycles. The van der Waals surface area contributed by atoms with Crippen LogP contribution in [0.2, 0.25) is 0 Å². The quantitative estimate of drug-likeness (QED) is 0.0531. The highest BCUT2D eigenvalue weighted by Gasteiger charge is 2.03. The Balaban J connectivity index is 0. The van der Waals surface area contributed by atoms with Crippen LogP contribution in [0.15, 0.2) is 49.6 Å². The van der Waals surface area contributed by atoms with E-state index >= 15 is 0 Å². The molecular formula is C30H48O14.